The number of ether oxygens (including phenoxy) is 2. The van der Waals surface area contributed by atoms with Crippen LogP contribution in [0.5, 0.6) is 11.5 Å². The lowest BCUT2D eigenvalue weighted by Crippen LogP contribution is -2.18. The molecule has 0 bridgehead atoms. The molecule has 0 fully saturated rings. The fraction of sp³-hybridized carbons (Fsp3) is 0.455. The van der Waals surface area contributed by atoms with E-state index in [0.29, 0.717) is 6.04 Å². The van der Waals surface area contributed by atoms with Crippen LogP contribution in [0.3, 0.4) is 0 Å². The van der Waals surface area contributed by atoms with E-state index in [9.17, 15) is 0 Å². The van der Waals surface area contributed by atoms with Crippen molar-refractivity contribution in [2.24, 2.45) is 0 Å². The SMILES string of the molecule is COc1ccc(OC)c(CC(C)NBr)c1. The molecule has 0 saturated carbocycles. The third kappa shape index (κ3) is 3.39. The minimum absolute atomic E-state index is 0.339. The summed E-state index contributed by atoms with van der Waals surface area (Å²) in [6.45, 7) is 2.09. The molecule has 0 amide bonds. The van der Waals surface area contributed by atoms with Crippen molar-refractivity contribution in [1.82, 2.24) is 4.34 Å². The smallest absolute Gasteiger partial charge is 0.122 e. The van der Waals surface area contributed by atoms with E-state index in [2.05, 4.69) is 27.4 Å². The first-order valence-corrected chi connectivity index (χ1v) is 5.57. The molecule has 1 rings (SSSR count). The van der Waals surface area contributed by atoms with Crippen molar-refractivity contribution in [3.05, 3.63) is 23.8 Å². The Morgan fingerprint density at radius 1 is 1.33 bits per heavy atom. The van der Waals surface area contributed by atoms with Crippen LogP contribution in [0, 0.1) is 0 Å². The van der Waals surface area contributed by atoms with Gasteiger partial charge in [0.1, 0.15) is 11.5 Å². The standard InChI is InChI=1S/C11H16BrNO2/c1-8(13-12)6-9-7-10(14-2)4-5-11(9)15-3/h4-5,7-8,13H,6H2,1-3H3. The topological polar surface area (TPSA) is 30.5 Å². The molecule has 4 heteroatoms. The van der Waals surface area contributed by atoms with Gasteiger partial charge in [0.25, 0.3) is 0 Å². The van der Waals surface area contributed by atoms with E-state index in [1.165, 1.54) is 0 Å². The van der Waals surface area contributed by atoms with Gasteiger partial charge in [-0.15, -0.1) is 0 Å². The molecular weight excluding hydrogens is 258 g/mol. The third-order valence-electron chi connectivity index (χ3n) is 2.20. The summed E-state index contributed by atoms with van der Waals surface area (Å²) in [6, 6.07) is 6.16. The van der Waals surface area contributed by atoms with Gasteiger partial charge in [-0.25, -0.2) is 0 Å². The monoisotopic (exact) mass is 273 g/mol. The number of methoxy groups -OCH3 is 2. The Morgan fingerprint density at radius 2 is 2.07 bits per heavy atom. The molecule has 0 spiro atoms. The Bertz CT molecular complexity index is 317. The lowest BCUT2D eigenvalue weighted by molar-refractivity contribution is 0.397. The average Bonchev–Trinajstić information content (AvgIpc) is 2.28. The van der Waals surface area contributed by atoms with Crippen molar-refractivity contribution >= 4 is 16.1 Å². The van der Waals surface area contributed by atoms with Gasteiger partial charge in [-0.05, 0) is 37.1 Å². The maximum Gasteiger partial charge on any atom is 0.122 e. The van der Waals surface area contributed by atoms with Gasteiger partial charge in [0.15, 0.2) is 0 Å². The van der Waals surface area contributed by atoms with Crippen LogP contribution in [-0.2, 0) is 6.42 Å². The molecule has 1 aromatic rings. The van der Waals surface area contributed by atoms with E-state index in [4.69, 9.17) is 9.47 Å². The highest BCUT2D eigenvalue weighted by atomic mass is 79.9. The lowest BCUT2D eigenvalue weighted by Gasteiger charge is -2.13. The molecule has 0 heterocycles. The molecule has 1 N–H and O–H groups in total. The number of hydrogen-bond acceptors (Lipinski definition) is 3. The number of rotatable bonds is 5. The van der Waals surface area contributed by atoms with Gasteiger partial charge in [0.2, 0.25) is 0 Å². The van der Waals surface area contributed by atoms with E-state index in [1.807, 2.05) is 18.2 Å². The van der Waals surface area contributed by atoms with Crippen LogP contribution in [0.15, 0.2) is 18.2 Å². The van der Waals surface area contributed by atoms with Crippen LogP contribution in [-0.4, -0.2) is 20.3 Å². The van der Waals surface area contributed by atoms with Crippen LogP contribution in [0.25, 0.3) is 0 Å². The number of benzene rings is 1. The van der Waals surface area contributed by atoms with Gasteiger partial charge < -0.3 is 9.47 Å². The summed E-state index contributed by atoms with van der Waals surface area (Å²) in [5.41, 5.74) is 1.14. The fourth-order valence-electron chi connectivity index (χ4n) is 1.41. The molecule has 0 aliphatic rings. The molecule has 1 aromatic carbocycles. The summed E-state index contributed by atoms with van der Waals surface area (Å²) in [5, 5.41) is 0. The summed E-state index contributed by atoms with van der Waals surface area (Å²) >= 11 is 3.23. The highest BCUT2D eigenvalue weighted by molar-refractivity contribution is 9.08. The van der Waals surface area contributed by atoms with Crippen molar-refractivity contribution in [3.63, 3.8) is 0 Å². The molecule has 3 nitrogen and oxygen atoms in total. The van der Waals surface area contributed by atoms with Gasteiger partial charge in [-0.1, -0.05) is 0 Å². The molecule has 0 aromatic heterocycles. The Hall–Kier alpha value is -0.740. The zero-order valence-corrected chi connectivity index (χ0v) is 10.8. The second-order valence-electron chi connectivity index (χ2n) is 3.39. The Kier molecular flexibility index (Phi) is 4.91. The summed E-state index contributed by atoms with van der Waals surface area (Å²) in [6.07, 6.45) is 0.881. The minimum atomic E-state index is 0.339. The maximum atomic E-state index is 5.29. The molecule has 0 radical (unpaired) electrons. The Labute approximate surface area is 99.1 Å². The highest BCUT2D eigenvalue weighted by Crippen LogP contribution is 2.25. The van der Waals surface area contributed by atoms with E-state index in [-0.39, 0.29) is 0 Å². The highest BCUT2D eigenvalue weighted by Gasteiger charge is 2.08. The van der Waals surface area contributed by atoms with Gasteiger partial charge in [-0.3, -0.25) is 4.34 Å². The summed E-state index contributed by atoms with van der Waals surface area (Å²) in [5.74, 6) is 1.75. The van der Waals surface area contributed by atoms with Crippen molar-refractivity contribution in [2.75, 3.05) is 14.2 Å². The second kappa shape index (κ2) is 5.98. The quantitative estimate of drug-likeness (QED) is 0.837. The normalized spacial score (nSPS) is 12.3. The third-order valence-corrected chi connectivity index (χ3v) is 2.98. The average molecular weight is 274 g/mol. The Morgan fingerprint density at radius 3 is 2.60 bits per heavy atom. The number of halogens is 1. The van der Waals surface area contributed by atoms with Crippen molar-refractivity contribution in [2.45, 2.75) is 19.4 Å². The van der Waals surface area contributed by atoms with Crippen LogP contribution < -0.4 is 13.8 Å². The first kappa shape index (κ1) is 12.3. The molecular formula is C11H16BrNO2. The predicted octanol–water partition coefficient (Wildman–Crippen LogP) is 2.53. The van der Waals surface area contributed by atoms with Crippen molar-refractivity contribution < 1.29 is 9.47 Å². The summed E-state index contributed by atoms with van der Waals surface area (Å²) < 4.78 is 13.5. The molecule has 1 unspecified atom stereocenters. The predicted molar refractivity (Wildman–Crippen MR) is 64.8 cm³/mol. The van der Waals surface area contributed by atoms with E-state index < -0.39 is 0 Å². The zero-order valence-electron chi connectivity index (χ0n) is 9.21. The van der Waals surface area contributed by atoms with Gasteiger partial charge in [0.05, 0.1) is 14.2 Å². The van der Waals surface area contributed by atoms with Crippen LogP contribution in [0.2, 0.25) is 0 Å². The van der Waals surface area contributed by atoms with Gasteiger partial charge in [0, 0.05) is 22.2 Å². The zero-order chi connectivity index (χ0) is 11.3. The first-order chi connectivity index (χ1) is 7.21. The van der Waals surface area contributed by atoms with Gasteiger partial charge in [-0.2, -0.15) is 0 Å². The molecule has 15 heavy (non-hydrogen) atoms. The molecule has 1 atom stereocenters. The maximum absolute atomic E-state index is 5.29. The van der Waals surface area contributed by atoms with Crippen LogP contribution >= 0.6 is 16.1 Å². The number of nitrogens with one attached hydrogen (secondary N) is 1. The molecule has 0 aliphatic carbocycles. The lowest BCUT2D eigenvalue weighted by atomic mass is 10.1. The fourth-order valence-corrected chi connectivity index (χ4v) is 1.57. The first-order valence-electron chi connectivity index (χ1n) is 4.78. The van der Waals surface area contributed by atoms with Crippen LogP contribution in [0.4, 0.5) is 0 Å². The molecule has 0 saturated heterocycles. The summed E-state index contributed by atoms with van der Waals surface area (Å²) in [7, 11) is 3.34. The van der Waals surface area contributed by atoms with Crippen molar-refractivity contribution in [3.8, 4) is 11.5 Å². The minimum Gasteiger partial charge on any atom is -0.497 e. The van der Waals surface area contributed by atoms with E-state index in [0.717, 1.165) is 23.5 Å². The molecule has 0 aliphatic heterocycles. The number of hydrogen-bond donors (Lipinski definition) is 1. The summed E-state index contributed by atoms with van der Waals surface area (Å²) in [4.78, 5) is 0. The van der Waals surface area contributed by atoms with Crippen LogP contribution in [0.1, 0.15) is 12.5 Å². The Balaban J connectivity index is 2.90. The second-order valence-corrected chi connectivity index (χ2v) is 3.85. The van der Waals surface area contributed by atoms with E-state index in [1.54, 1.807) is 14.2 Å². The molecule has 84 valence electrons. The van der Waals surface area contributed by atoms with E-state index >= 15 is 0 Å². The van der Waals surface area contributed by atoms with Crippen molar-refractivity contribution in [1.29, 1.82) is 0 Å². The largest absolute Gasteiger partial charge is 0.497 e. The van der Waals surface area contributed by atoms with Gasteiger partial charge >= 0.3 is 0 Å².